The van der Waals surface area contributed by atoms with E-state index in [0.29, 0.717) is 18.8 Å². The van der Waals surface area contributed by atoms with E-state index in [1.165, 1.54) is 28.4 Å². The third kappa shape index (κ3) is 4.62. The fourth-order valence-electron chi connectivity index (χ4n) is 3.58. The maximum atomic E-state index is 13.2. The molecule has 0 aliphatic carbocycles. The van der Waals surface area contributed by atoms with E-state index < -0.39 is 10.0 Å². The lowest BCUT2D eigenvalue weighted by molar-refractivity contribution is 0.0990. The first kappa shape index (κ1) is 21.3. The summed E-state index contributed by atoms with van der Waals surface area (Å²) >= 11 is 0. The molecule has 1 fully saturated rings. The van der Waals surface area contributed by atoms with Crippen molar-refractivity contribution in [2.75, 3.05) is 32.1 Å². The summed E-state index contributed by atoms with van der Waals surface area (Å²) in [6.45, 7) is 2.98. The molecule has 29 heavy (non-hydrogen) atoms. The summed E-state index contributed by atoms with van der Waals surface area (Å²) < 4.78 is 33.2. The molecule has 0 saturated carbocycles. The fourth-order valence-corrected chi connectivity index (χ4v) is 5.12. The van der Waals surface area contributed by atoms with Crippen LogP contribution >= 0.6 is 0 Å². The molecule has 1 saturated heterocycles. The molecule has 0 radical (unpaired) electrons. The second-order valence-electron chi connectivity index (χ2n) is 7.38. The largest absolute Gasteiger partial charge is 0.496 e. The van der Waals surface area contributed by atoms with E-state index in [9.17, 15) is 13.2 Å². The molecular weight excluding hydrogens is 388 g/mol. The average molecular weight is 417 g/mol. The van der Waals surface area contributed by atoms with E-state index in [-0.39, 0.29) is 16.4 Å². The summed E-state index contributed by atoms with van der Waals surface area (Å²) in [6.07, 6.45) is 3.80. The highest BCUT2D eigenvalue weighted by Crippen LogP contribution is 2.28. The maximum absolute atomic E-state index is 13.2. The predicted octanol–water partition coefficient (Wildman–Crippen LogP) is 3.84. The number of carbonyl (C=O) groups is 1. The lowest BCUT2D eigenvalue weighted by atomic mass is 10.1. The summed E-state index contributed by atoms with van der Waals surface area (Å²) in [5.74, 6) is 0.0321. The van der Waals surface area contributed by atoms with Crippen molar-refractivity contribution in [3.63, 3.8) is 0 Å². The van der Waals surface area contributed by atoms with Gasteiger partial charge in [0.1, 0.15) is 5.75 Å². The van der Waals surface area contributed by atoms with Gasteiger partial charge in [-0.2, -0.15) is 4.31 Å². The smallest absolute Gasteiger partial charge is 0.261 e. The number of nitrogens with zero attached hydrogens (tertiary/aromatic N) is 2. The molecular formula is C22H28N2O4S. The monoisotopic (exact) mass is 416 g/mol. The summed E-state index contributed by atoms with van der Waals surface area (Å²) in [5, 5.41) is 0. The Morgan fingerprint density at radius 2 is 1.72 bits per heavy atom. The number of benzene rings is 2. The van der Waals surface area contributed by atoms with Crippen LogP contribution in [0, 0.1) is 6.92 Å². The van der Waals surface area contributed by atoms with Crippen LogP contribution in [0.5, 0.6) is 5.75 Å². The minimum Gasteiger partial charge on any atom is -0.496 e. The zero-order chi connectivity index (χ0) is 21.0. The Morgan fingerprint density at radius 1 is 1.03 bits per heavy atom. The number of sulfonamides is 1. The first-order valence-electron chi connectivity index (χ1n) is 9.87. The van der Waals surface area contributed by atoms with Gasteiger partial charge < -0.3 is 9.64 Å². The third-order valence-electron chi connectivity index (χ3n) is 5.30. The van der Waals surface area contributed by atoms with E-state index in [4.69, 9.17) is 4.74 Å². The number of hydrogen-bond acceptors (Lipinski definition) is 4. The molecule has 0 bridgehead atoms. The molecule has 0 N–H and O–H groups in total. The molecule has 0 spiro atoms. The predicted molar refractivity (Wildman–Crippen MR) is 114 cm³/mol. The highest BCUT2D eigenvalue weighted by atomic mass is 32.2. The van der Waals surface area contributed by atoms with Gasteiger partial charge in [-0.1, -0.05) is 25.0 Å². The van der Waals surface area contributed by atoms with Crippen molar-refractivity contribution in [1.29, 1.82) is 0 Å². The molecule has 1 aliphatic rings. The molecule has 7 heteroatoms. The van der Waals surface area contributed by atoms with Crippen molar-refractivity contribution in [1.82, 2.24) is 4.31 Å². The maximum Gasteiger partial charge on any atom is 0.261 e. The molecule has 1 amide bonds. The van der Waals surface area contributed by atoms with Gasteiger partial charge in [-0.15, -0.1) is 0 Å². The zero-order valence-corrected chi connectivity index (χ0v) is 18.0. The number of ether oxygens (including phenoxy) is 1. The van der Waals surface area contributed by atoms with Crippen LogP contribution in [0.1, 0.15) is 41.6 Å². The van der Waals surface area contributed by atoms with Gasteiger partial charge in [-0.25, -0.2) is 8.42 Å². The van der Waals surface area contributed by atoms with E-state index >= 15 is 0 Å². The molecule has 0 unspecified atom stereocenters. The topological polar surface area (TPSA) is 66.9 Å². The van der Waals surface area contributed by atoms with Gasteiger partial charge >= 0.3 is 0 Å². The van der Waals surface area contributed by atoms with E-state index in [1.54, 1.807) is 13.1 Å². The van der Waals surface area contributed by atoms with Crippen LogP contribution in [-0.4, -0.2) is 45.9 Å². The number of anilines is 1. The minimum absolute atomic E-state index is 0.126. The number of rotatable bonds is 5. The van der Waals surface area contributed by atoms with E-state index in [1.807, 2.05) is 31.2 Å². The SMILES string of the molecule is COc1ccc(S(=O)(=O)N2CCCCCC2)cc1C(=O)N(C)c1cccc(C)c1. The lowest BCUT2D eigenvalue weighted by Gasteiger charge is -2.22. The van der Waals surface area contributed by atoms with E-state index in [2.05, 4.69) is 0 Å². The number of amides is 1. The highest BCUT2D eigenvalue weighted by Gasteiger charge is 2.28. The summed E-state index contributed by atoms with van der Waals surface area (Å²) in [4.78, 5) is 14.8. The third-order valence-corrected chi connectivity index (χ3v) is 7.19. The van der Waals surface area contributed by atoms with Gasteiger partial charge in [0.05, 0.1) is 17.6 Å². The van der Waals surface area contributed by atoms with Crippen LogP contribution in [0.3, 0.4) is 0 Å². The molecule has 3 rings (SSSR count). The van der Waals surface area contributed by atoms with Crippen molar-refractivity contribution >= 4 is 21.6 Å². The number of methoxy groups -OCH3 is 1. The van der Waals surface area contributed by atoms with Gasteiger partial charge in [-0.3, -0.25) is 4.79 Å². The Morgan fingerprint density at radius 3 is 2.34 bits per heavy atom. The van der Waals surface area contributed by atoms with Crippen LogP contribution in [0.4, 0.5) is 5.69 Å². The van der Waals surface area contributed by atoms with Crippen molar-refractivity contribution in [3.8, 4) is 5.75 Å². The van der Waals surface area contributed by atoms with Crippen LogP contribution in [0.15, 0.2) is 47.4 Å². The molecule has 2 aromatic carbocycles. The standard InChI is InChI=1S/C22H28N2O4S/c1-17-9-8-10-18(15-17)23(2)22(25)20-16-19(11-12-21(20)28-3)29(26,27)24-13-6-4-5-7-14-24/h8-12,15-16H,4-7,13-14H2,1-3H3. The van der Waals surface area contributed by atoms with Crippen LogP contribution in [-0.2, 0) is 10.0 Å². The number of carbonyl (C=O) groups excluding carboxylic acids is 1. The minimum atomic E-state index is -3.66. The van der Waals surface area contributed by atoms with Gasteiger partial charge in [0.2, 0.25) is 10.0 Å². The summed E-state index contributed by atoms with van der Waals surface area (Å²) in [6, 6.07) is 12.1. The Hall–Kier alpha value is -2.38. The van der Waals surface area contributed by atoms with Gasteiger partial charge in [-0.05, 0) is 55.7 Å². The molecule has 6 nitrogen and oxygen atoms in total. The van der Waals surface area contributed by atoms with Crippen molar-refractivity contribution in [2.24, 2.45) is 0 Å². The normalized spacial score (nSPS) is 15.6. The van der Waals surface area contributed by atoms with Crippen molar-refractivity contribution in [3.05, 3.63) is 53.6 Å². The fraction of sp³-hybridized carbons (Fsp3) is 0.409. The Labute approximate surface area is 173 Å². The zero-order valence-electron chi connectivity index (χ0n) is 17.2. The number of aryl methyl sites for hydroxylation is 1. The summed E-state index contributed by atoms with van der Waals surface area (Å²) in [7, 11) is -0.509. The van der Waals surface area contributed by atoms with Gasteiger partial charge in [0.25, 0.3) is 5.91 Å². The lowest BCUT2D eigenvalue weighted by Crippen LogP contribution is -2.32. The highest BCUT2D eigenvalue weighted by molar-refractivity contribution is 7.89. The molecule has 2 aromatic rings. The van der Waals surface area contributed by atoms with Gasteiger partial charge in [0, 0.05) is 25.8 Å². The molecule has 0 aromatic heterocycles. The van der Waals surface area contributed by atoms with E-state index in [0.717, 1.165) is 36.9 Å². The Balaban J connectivity index is 1.97. The molecule has 156 valence electrons. The van der Waals surface area contributed by atoms with Crippen LogP contribution in [0.2, 0.25) is 0 Å². The molecule has 1 aliphatic heterocycles. The first-order valence-corrected chi connectivity index (χ1v) is 11.3. The average Bonchev–Trinajstić information content (AvgIpc) is 3.02. The first-order chi connectivity index (χ1) is 13.8. The molecule has 0 atom stereocenters. The second kappa shape index (κ2) is 8.97. The van der Waals surface area contributed by atoms with Crippen molar-refractivity contribution < 1.29 is 17.9 Å². The van der Waals surface area contributed by atoms with Crippen LogP contribution in [0.25, 0.3) is 0 Å². The number of hydrogen-bond donors (Lipinski definition) is 0. The molecule has 1 heterocycles. The Bertz CT molecular complexity index is 980. The summed E-state index contributed by atoms with van der Waals surface area (Å²) in [5.41, 5.74) is 2.00. The Kier molecular flexibility index (Phi) is 6.59. The van der Waals surface area contributed by atoms with Crippen LogP contribution < -0.4 is 9.64 Å². The second-order valence-corrected chi connectivity index (χ2v) is 9.32. The quantitative estimate of drug-likeness (QED) is 0.743. The van der Waals surface area contributed by atoms with Gasteiger partial charge in [0.15, 0.2) is 0 Å². The van der Waals surface area contributed by atoms with Crippen molar-refractivity contribution in [2.45, 2.75) is 37.5 Å².